The molecule has 5 nitrogen and oxygen atoms in total. The van der Waals surface area contributed by atoms with E-state index in [4.69, 9.17) is 11.6 Å². The molecule has 0 bridgehead atoms. The lowest BCUT2D eigenvalue weighted by molar-refractivity contribution is -0.117. The Kier molecular flexibility index (Phi) is 6.18. The van der Waals surface area contributed by atoms with E-state index in [2.05, 4.69) is 4.99 Å². The largest absolute Gasteiger partial charge is 0.346 e. The number of rotatable bonds is 5. The van der Waals surface area contributed by atoms with Crippen molar-refractivity contribution in [2.75, 3.05) is 18.1 Å². The average Bonchev–Trinajstić information content (AvgIpc) is 3.14. The first-order valence-corrected chi connectivity index (χ1v) is 12.6. The van der Waals surface area contributed by atoms with Gasteiger partial charge in [-0.25, -0.2) is 12.8 Å². The number of hydrogen-bond acceptors (Lipinski definition) is 4. The van der Waals surface area contributed by atoms with E-state index in [9.17, 15) is 17.6 Å². The lowest BCUT2D eigenvalue weighted by Crippen LogP contribution is -2.39. The molecule has 2 unspecified atom stereocenters. The smallest absolute Gasteiger partial charge is 0.252 e. The highest BCUT2D eigenvalue weighted by atomic mass is 35.5. The van der Waals surface area contributed by atoms with E-state index in [1.54, 1.807) is 36.4 Å². The Bertz CT molecular complexity index is 1070. The van der Waals surface area contributed by atoms with Crippen LogP contribution in [0, 0.1) is 5.82 Å². The van der Waals surface area contributed by atoms with E-state index in [-0.39, 0.29) is 40.9 Å². The van der Waals surface area contributed by atoms with Gasteiger partial charge >= 0.3 is 0 Å². The number of amides is 1. The Labute approximate surface area is 184 Å². The number of hydrogen-bond donors (Lipinski definition) is 0. The zero-order valence-electron chi connectivity index (χ0n) is 16.0. The molecular weight excluding hydrogens is 447 g/mol. The summed E-state index contributed by atoms with van der Waals surface area (Å²) in [4.78, 5) is 18.8. The van der Waals surface area contributed by atoms with E-state index < -0.39 is 9.84 Å². The molecule has 0 aliphatic carbocycles. The summed E-state index contributed by atoms with van der Waals surface area (Å²) in [6, 6.07) is 13.1. The van der Waals surface area contributed by atoms with Gasteiger partial charge in [-0.05, 0) is 41.8 Å². The van der Waals surface area contributed by atoms with Crippen LogP contribution in [0.2, 0.25) is 5.02 Å². The maximum atomic E-state index is 13.2. The molecule has 2 aliphatic rings. The number of carbonyl (C=O) groups excluding carboxylic acids is 1. The summed E-state index contributed by atoms with van der Waals surface area (Å²) in [5.74, 6) is -0.417. The topological polar surface area (TPSA) is 66.8 Å². The molecule has 30 heavy (non-hydrogen) atoms. The number of benzene rings is 2. The van der Waals surface area contributed by atoms with Gasteiger partial charge in [0.05, 0.1) is 24.0 Å². The van der Waals surface area contributed by atoms with E-state index in [0.29, 0.717) is 23.2 Å². The molecule has 2 aromatic carbocycles. The van der Waals surface area contributed by atoms with Gasteiger partial charge in [-0.1, -0.05) is 47.6 Å². The number of fused-ring (bicyclic) bond motifs is 1. The standard InChI is InChI=1S/C21H20ClFN2O3S2/c22-16-5-1-15(2-6-16)11-20(26)24-21-25(10-9-14-3-7-17(23)8-4-14)18-12-30(27,28)13-19(18)29-21/h1-8,18-19H,9-13H2. The van der Waals surface area contributed by atoms with Crippen LogP contribution in [0.1, 0.15) is 11.1 Å². The predicted octanol–water partition coefficient (Wildman–Crippen LogP) is 3.36. The maximum Gasteiger partial charge on any atom is 0.252 e. The molecule has 0 radical (unpaired) electrons. The Morgan fingerprint density at radius 2 is 1.77 bits per heavy atom. The van der Waals surface area contributed by atoms with E-state index in [1.165, 1.54) is 23.9 Å². The highest BCUT2D eigenvalue weighted by molar-refractivity contribution is 8.15. The van der Waals surface area contributed by atoms with Crippen LogP contribution in [-0.4, -0.2) is 53.7 Å². The van der Waals surface area contributed by atoms with Gasteiger partial charge < -0.3 is 4.90 Å². The molecule has 9 heteroatoms. The quantitative estimate of drug-likeness (QED) is 0.676. The fourth-order valence-electron chi connectivity index (χ4n) is 3.72. The van der Waals surface area contributed by atoms with Crippen LogP contribution in [0.3, 0.4) is 0 Å². The molecule has 0 N–H and O–H groups in total. The second kappa shape index (κ2) is 8.69. The Balaban J connectivity index is 1.50. The van der Waals surface area contributed by atoms with Crippen molar-refractivity contribution in [3.63, 3.8) is 0 Å². The number of thioether (sulfide) groups is 1. The van der Waals surface area contributed by atoms with Gasteiger partial charge in [0.2, 0.25) is 0 Å². The van der Waals surface area contributed by atoms with Crippen LogP contribution in [0.25, 0.3) is 0 Å². The third-order valence-corrected chi connectivity index (χ3v) is 8.72. The summed E-state index contributed by atoms with van der Waals surface area (Å²) in [5, 5.41) is 1.05. The van der Waals surface area contributed by atoms with Gasteiger partial charge in [0.25, 0.3) is 5.91 Å². The highest BCUT2D eigenvalue weighted by Gasteiger charge is 2.48. The summed E-state index contributed by atoms with van der Waals surface area (Å²) >= 11 is 7.25. The van der Waals surface area contributed by atoms with Crippen molar-refractivity contribution in [1.29, 1.82) is 0 Å². The zero-order chi connectivity index (χ0) is 21.3. The summed E-state index contributed by atoms with van der Waals surface area (Å²) in [5.41, 5.74) is 1.76. The third kappa shape index (κ3) is 5.04. The Morgan fingerprint density at radius 1 is 1.10 bits per heavy atom. The minimum atomic E-state index is -3.10. The SMILES string of the molecule is O=C(Cc1ccc(Cl)cc1)N=C1SC2CS(=O)(=O)CC2N1CCc1ccc(F)cc1. The van der Waals surface area contributed by atoms with Crippen molar-refractivity contribution in [2.24, 2.45) is 4.99 Å². The monoisotopic (exact) mass is 466 g/mol. The molecule has 0 saturated carbocycles. The molecule has 0 spiro atoms. The average molecular weight is 467 g/mol. The summed E-state index contributed by atoms with van der Waals surface area (Å²) in [6.07, 6.45) is 0.759. The van der Waals surface area contributed by atoms with Crippen molar-refractivity contribution in [3.05, 3.63) is 70.5 Å². The molecule has 1 amide bonds. The molecule has 2 heterocycles. The molecule has 2 saturated heterocycles. The van der Waals surface area contributed by atoms with Crippen molar-refractivity contribution >= 4 is 44.3 Å². The van der Waals surface area contributed by atoms with Crippen LogP contribution >= 0.6 is 23.4 Å². The molecular formula is C21H20ClFN2O3S2. The van der Waals surface area contributed by atoms with E-state index >= 15 is 0 Å². The van der Waals surface area contributed by atoms with Crippen molar-refractivity contribution in [2.45, 2.75) is 24.1 Å². The van der Waals surface area contributed by atoms with Gasteiger partial charge in [-0.15, -0.1) is 0 Å². The normalized spacial score (nSPS) is 23.7. The van der Waals surface area contributed by atoms with Gasteiger partial charge in [0.15, 0.2) is 15.0 Å². The minimum Gasteiger partial charge on any atom is -0.346 e. The Hall–Kier alpha value is -1.90. The zero-order valence-corrected chi connectivity index (χ0v) is 18.4. The number of sulfone groups is 1. The second-order valence-corrected chi connectivity index (χ2v) is 11.3. The molecule has 4 rings (SSSR count). The first-order chi connectivity index (χ1) is 14.3. The molecule has 2 fully saturated rings. The highest BCUT2D eigenvalue weighted by Crippen LogP contribution is 2.38. The van der Waals surface area contributed by atoms with Crippen LogP contribution in [0.15, 0.2) is 53.5 Å². The van der Waals surface area contributed by atoms with Crippen LogP contribution in [-0.2, 0) is 27.5 Å². The fraction of sp³-hybridized carbons (Fsp3) is 0.333. The summed E-state index contributed by atoms with van der Waals surface area (Å²) < 4.78 is 37.4. The molecule has 158 valence electrons. The van der Waals surface area contributed by atoms with Crippen LogP contribution in [0.5, 0.6) is 0 Å². The van der Waals surface area contributed by atoms with Crippen molar-refractivity contribution in [3.8, 4) is 0 Å². The molecule has 2 atom stereocenters. The number of aliphatic imine (C=N–C) groups is 1. The third-order valence-electron chi connectivity index (χ3n) is 5.22. The maximum absolute atomic E-state index is 13.2. The van der Waals surface area contributed by atoms with E-state index in [1.807, 2.05) is 4.90 Å². The van der Waals surface area contributed by atoms with E-state index in [0.717, 1.165) is 11.1 Å². The molecule has 2 aromatic rings. The van der Waals surface area contributed by atoms with Crippen LogP contribution in [0.4, 0.5) is 4.39 Å². The lowest BCUT2D eigenvalue weighted by Gasteiger charge is -2.24. The minimum absolute atomic E-state index is 0.0679. The van der Waals surface area contributed by atoms with Crippen molar-refractivity contribution < 1.29 is 17.6 Å². The molecule has 0 aromatic heterocycles. The summed E-state index contributed by atoms with van der Waals surface area (Å²) in [7, 11) is -3.10. The van der Waals surface area contributed by atoms with Gasteiger partial charge in [0, 0.05) is 16.8 Å². The summed E-state index contributed by atoms with van der Waals surface area (Å²) in [6.45, 7) is 0.516. The van der Waals surface area contributed by atoms with Crippen molar-refractivity contribution in [1.82, 2.24) is 4.90 Å². The van der Waals surface area contributed by atoms with Gasteiger partial charge in [0.1, 0.15) is 5.82 Å². The molecule has 2 aliphatic heterocycles. The second-order valence-electron chi connectivity index (χ2n) is 7.46. The predicted molar refractivity (Wildman–Crippen MR) is 118 cm³/mol. The lowest BCUT2D eigenvalue weighted by atomic mass is 10.1. The Morgan fingerprint density at radius 3 is 2.47 bits per heavy atom. The first-order valence-electron chi connectivity index (χ1n) is 9.53. The number of halogens is 2. The van der Waals surface area contributed by atoms with Gasteiger partial charge in [-0.2, -0.15) is 4.99 Å². The number of nitrogens with zero attached hydrogens (tertiary/aromatic N) is 2. The van der Waals surface area contributed by atoms with Crippen LogP contribution < -0.4 is 0 Å². The fourth-order valence-corrected chi connectivity index (χ4v) is 7.84. The first kappa shape index (κ1) is 21.3. The number of amidine groups is 1. The van der Waals surface area contributed by atoms with Gasteiger partial charge in [-0.3, -0.25) is 4.79 Å². The number of carbonyl (C=O) groups is 1.